The Morgan fingerprint density at radius 3 is 3.00 bits per heavy atom. The van der Waals surface area contributed by atoms with Crippen LogP contribution >= 0.6 is 11.6 Å². The van der Waals surface area contributed by atoms with Crippen LogP contribution in [-0.4, -0.2) is 28.6 Å². The molecule has 0 saturated carbocycles. The minimum Gasteiger partial charge on any atom is -0.381 e. The third-order valence-corrected chi connectivity index (χ3v) is 1.92. The van der Waals surface area contributed by atoms with Gasteiger partial charge in [-0.15, -0.1) is 0 Å². The number of aliphatic hydroxyl groups is 1. The van der Waals surface area contributed by atoms with Crippen molar-refractivity contribution in [2.24, 2.45) is 5.73 Å². The van der Waals surface area contributed by atoms with Crippen LogP contribution in [-0.2, 0) is 4.79 Å². The number of hydrogen-bond donors (Lipinski definition) is 3. The molecule has 0 bridgehead atoms. The lowest BCUT2D eigenvalue weighted by Gasteiger charge is -2.09. The SMILES string of the molecule is N#Cc1cc(Cl)nc(NCC(O)C(N)=O)c1. The van der Waals surface area contributed by atoms with Gasteiger partial charge in [0, 0.05) is 0 Å². The van der Waals surface area contributed by atoms with Crippen LogP contribution in [0.2, 0.25) is 5.15 Å². The monoisotopic (exact) mass is 240 g/mol. The van der Waals surface area contributed by atoms with E-state index in [4.69, 9.17) is 27.7 Å². The Kier molecular flexibility index (Phi) is 4.05. The first-order valence-electron chi connectivity index (χ1n) is 4.32. The van der Waals surface area contributed by atoms with Crippen LogP contribution in [0.25, 0.3) is 0 Å². The van der Waals surface area contributed by atoms with Gasteiger partial charge in [0.1, 0.15) is 17.1 Å². The number of pyridine rings is 1. The second kappa shape index (κ2) is 5.30. The van der Waals surface area contributed by atoms with E-state index in [0.717, 1.165) is 0 Å². The number of aromatic nitrogens is 1. The molecule has 1 amide bonds. The quantitative estimate of drug-likeness (QED) is 0.635. The molecule has 1 heterocycles. The van der Waals surface area contributed by atoms with Crippen molar-refractivity contribution in [1.29, 1.82) is 5.26 Å². The van der Waals surface area contributed by atoms with Crippen molar-refractivity contribution < 1.29 is 9.90 Å². The first-order chi connectivity index (χ1) is 7.52. The summed E-state index contributed by atoms with van der Waals surface area (Å²) in [4.78, 5) is 14.4. The predicted octanol–water partition coefficient (Wildman–Crippen LogP) is -0.135. The summed E-state index contributed by atoms with van der Waals surface area (Å²) in [5, 5.41) is 20.6. The van der Waals surface area contributed by atoms with Gasteiger partial charge in [0.05, 0.1) is 18.2 Å². The molecule has 0 aliphatic rings. The maximum atomic E-state index is 10.5. The van der Waals surface area contributed by atoms with Crippen LogP contribution in [0.4, 0.5) is 5.82 Å². The number of carbonyl (C=O) groups is 1. The molecule has 0 fully saturated rings. The summed E-state index contributed by atoms with van der Waals surface area (Å²) < 4.78 is 0. The van der Waals surface area contributed by atoms with Crippen molar-refractivity contribution in [2.45, 2.75) is 6.10 Å². The lowest BCUT2D eigenvalue weighted by Crippen LogP contribution is -2.34. The highest BCUT2D eigenvalue weighted by atomic mass is 35.5. The van der Waals surface area contributed by atoms with Gasteiger partial charge in [-0.3, -0.25) is 4.79 Å². The van der Waals surface area contributed by atoms with Crippen LogP contribution in [0.3, 0.4) is 0 Å². The van der Waals surface area contributed by atoms with Gasteiger partial charge in [0.2, 0.25) is 5.91 Å². The van der Waals surface area contributed by atoms with Gasteiger partial charge >= 0.3 is 0 Å². The molecular formula is C9H9ClN4O2. The molecule has 1 unspecified atom stereocenters. The molecule has 1 rings (SSSR count). The first-order valence-corrected chi connectivity index (χ1v) is 4.69. The standard InChI is InChI=1S/C9H9ClN4O2/c10-7-1-5(3-11)2-8(14-7)13-4-6(15)9(12)16/h1-2,6,15H,4H2,(H2,12,16)(H,13,14). The van der Waals surface area contributed by atoms with Crippen molar-refractivity contribution in [1.82, 2.24) is 4.98 Å². The third-order valence-electron chi connectivity index (χ3n) is 1.73. The third kappa shape index (κ3) is 3.38. The molecule has 4 N–H and O–H groups in total. The Morgan fingerprint density at radius 2 is 2.44 bits per heavy atom. The minimum atomic E-state index is -1.31. The molecule has 0 spiro atoms. The zero-order chi connectivity index (χ0) is 12.1. The number of primary amides is 1. The van der Waals surface area contributed by atoms with Gasteiger partial charge in [0.15, 0.2) is 0 Å². The van der Waals surface area contributed by atoms with Crippen molar-refractivity contribution >= 4 is 23.3 Å². The summed E-state index contributed by atoms with van der Waals surface area (Å²) in [6.45, 7) is -0.0897. The zero-order valence-corrected chi connectivity index (χ0v) is 8.90. The number of nitrogens with one attached hydrogen (secondary N) is 1. The summed E-state index contributed by atoms with van der Waals surface area (Å²) in [6.07, 6.45) is -1.31. The second-order valence-electron chi connectivity index (χ2n) is 2.97. The van der Waals surface area contributed by atoms with Crippen LogP contribution in [0.15, 0.2) is 12.1 Å². The molecule has 1 aromatic rings. The Labute approximate surface area is 96.7 Å². The van der Waals surface area contributed by atoms with E-state index in [0.29, 0.717) is 11.4 Å². The van der Waals surface area contributed by atoms with E-state index >= 15 is 0 Å². The van der Waals surface area contributed by atoms with Crippen LogP contribution in [0.5, 0.6) is 0 Å². The average Bonchev–Trinajstić information content (AvgIpc) is 2.24. The van der Waals surface area contributed by atoms with Crippen molar-refractivity contribution in [2.75, 3.05) is 11.9 Å². The molecule has 0 radical (unpaired) electrons. The number of carbonyl (C=O) groups excluding carboxylic acids is 1. The van der Waals surface area contributed by atoms with E-state index in [9.17, 15) is 4.79 Å². The van der Waals surface area contributed by atoms with Crippen molar-refractivity contribution in [3.63, 3.8) is 0 Å². The number of hydrogen-bond acceptors (Lipinski definition) is 5. The van der Waals surface area contributed by atoms with Crippen LogP contribution < -0.4 is 11.1 Å². The van der Waals surface area contributed by atoms with Gasteiger partial charge in [0.25, 0.3) is 0 Å². The highest BCUT2D eigenvalue weighted by Crippen LogP contribution is 2.13. The number of amides is 1. The average molecular weight is 241 g/mol. The maximum absolute atomic E-state index is 10.5. The predicted molar refractivity (Wildman–Crippen MR) is 57.7 cm³/mol. The molecule has 84 valence electrons. The van der Waals surface area contributed by atoms with Crippen LogP contribution in [0, 0.1) is 11.3 Å². The summed E-state index contributed by atoms with van der Waals surface area (Å²) in [6, 6.07) is 4.74. The summed E-state index contributed by atoms with van der Waals surface area (Å²) >= 11 is 5.65. The molecule has 0 aromatic carbocycles. The number of halogens is 1. The van der Waals surface area contributed by atoms with Gasteiger partial charge in [-0.1, -0.05) is 11.6 Å². The Balaban J connectivity index is 2.71. The first kappa shape index (κ1) is 12.2. The number of aliphatic hydroxyl groups excluding tert-OH is 1. The van der Waals surface area contributed by atoms with E-state index in [1.54, 1.807) is 0 Å². The van der Waals surface area contributed by atoms with E-state index in [1.165, 1.54) is 12.1 Å². The van der Waals surface area contributed by atoms with Gasteiger partial charge in [-0.25, -0.2) is 4.98 Å². The lowest BCUT2D eigenvalue weighted by molar-refractivity contribution is -0.125. The molecular weight excluding hydrogens is 232 g/mol. The molecule has 7 heteroatoms. The van der Waals surface area contributed by atoms with Crippen LogP contribution in [0.1, 0.15) is 5.56 Å². The fraction of sp³-hybridized carbons (Fsp3) is 0.222. The number of nitrogens with zero attached hydrogens (tertiary/aromatic N) is 2. The number of anilines is 1. The molecule has 0 saturated heterocycles. The largest absolute Gasteiger partial charge is 0.381 e. The lowest BCUT2D eigenvalue weighted by atomic mass is 10.3. The molecule has 6 nitrogen and oxygen atoms in total. The van der Waals surface area contributed by atoms with Crippen molar-refractivity contribution in [3.8, 4) is 6.07 Å². The normalized spacial score (nSPS) is 11.6. The fourth-order valence-electron chi connectivity index (χ4n) is 0.954. The smallest absolute Gasteiger partial charge is 0.248 e. The molecule has 0 aliphatic heterocycles. The summed E-state index contributed by atoms with van der Waals surface area (Å²) in [5.74, 6) is -0.542. The molecule has 0 aliphatic carbocycles. The zero-order valence-electron chi connectivity index (χ0n) is 8.14. The number of rotatable bonds is 4. The fourth-order valence-corrected chi connectivity index (χ4v) is 1.16. The summed E-state index contributed by atoms with van der Waals surface area (Å²) in [5.41, 5.74) is 5.19. The molecule has 1 aromatic heterocycles. The molecule has 16 heavy (non-hydrogen) atoms. The highest BCUT2D eigenvalue weighted by Gasteiger charge is 2.10. The minimum absolute atomic E-state index is 0.0897. The maximum Gasteiger partial charge on any atom is 0.248 e. The Hall–Kier alpha value is -1.84. The number of nitrogens with two attached hydrogens (primary N) is 1. The summed E-state index contributed by atoms with van der Waals surface area (Å²) in [7, 11) is 0. The van der Waals surface area contributed by atoms with Crippen molar-refractivity contribution in [3.05, 3.63) is 22.8 Å². The van der Waals surface area contributed by atoms with Gasteiger partial charge < -0.3 is 16.2 Å². The number of nitriles is 1. The Morgan fingerprint density at radius 1 is 1.75 bits per heavy atom. The van der Waals surface area contributed by atoms with E-state index in [1.807, 2.05) is 6.07 Å². The van der Waals surface area contributed by atoms with E-state index in [2.05, 4.69) is 10.3 Å². The van der Waals surface area contributed by atoms with E-state index in [-0.39, 0.29) is 11.7 Å². The van der Waals surface area contributed by atoms with Gasteiger partial charge in [-0.2, -0.15) is 5.26 Å². The molecule has 1 atom stereocenters. The highest BCUT2D eigenvalue weighted by molar-refractivity contribution is 6.29. The Bertz CT molecular complexity index is 444. The van der Waals surface area contributed by atoms with Gasteiger partial charge in [-0.05, 0) is 12.1 Å². The topological polar surface area (TPSA) is 112 Å². The second-order valence-corrected chi connectivity index (χ2v) is 3.36. The van der Waals surface area contributed by atoms with E-state index < -0.39 is 12.0 Å².